The predicted molar refractivity (Wildman–Crippen MR) is 164 cm³/mol. The molecular formula is C31H61O10P. The van der Waals surface area contributed by atoms with E-state index < -0.39 is 58.4 Å². The number of hydrogen-bond donors (Lipinski definition) is 3. The maximum atomic E-state index is 12.1. The Morgan fingerprint density at radius 3 is 1.21 bits per heavy atom. The molecule has 0 spiro atoms. The maximum Gasteiger partial charge on any atom is 0.472 e. The van der Waals surface area contributed by atoms with Crippen molar-refractivity contribution in [3.8, 4) is 0 Å². The minimum absolute atomic E-state index is 0.146. The van der Waals surface area contributed by atoms with Crippen molar-refractivity contribution in [1.29, 1.82) is 0 Å². The van der Waals surface area contributed by atoms with E-state index in [1.807, 2.05) is 0 Å². The van der Waals surface area contributed by atoms with Crippen molar-refractivity contribution in [3.63, 3.8) is 0 Å². The third kappa shape index (κ3) is 26.6. The van der Waals surface area contributed by atoms with E-state index in [0.29, 0.717) is 12.8 Å². The zero-order valence-electron chi connectivity index (χ0n) is 26.5. The van der Waals surface area contributed by atoms with Gasteiger partial charge < -0.3 is 24.6 Å². The molecule has 3 atom stereocenters. The lowest BCUT2D eigenvalue weighted by molar-refractivity contribution is -0.153. The molecule has 0 aliphatic carbocycles. The molecule has 0 amide bonds. The van der Waals surface area contributed by atoms with Crippen molar-refractivity contribution in [2.75, 3.05) is 26.4 Å². The predicted octanol–water partition coefficient (Wildman–Crippen LogP) is 7.16. The van der Waals surface area contributed by atoms with Gasteiger partial charge in [-0.15, -0.1) is 0 Å². The molecule has 0 heterocycles. The minimum Gasteiger partial charge on any atom is -0.457 e. The lowest BCUT2D eigenvalue weighted by Gasteiger charge is -2.20. The first-order valence-corrected chi connectivity index (χ1v) is 18.0. The highest BCUT2D eigenvalue weighted by Crippen LogP contribution is 2.43. The topological polar surface area (TPSA) is 149 Å². The van der Waals surface area contributed by atoms with Gasteiger partial charge in [-0.05, 0) is 12.8 Å². The van der Waals surface area contributed by atoms with Crippen molar-refractivity contribution in [2.24, 2.45) is 0 Å². The third-order valence-electron chi connectivity index (χ3n) is 7.04. The second-order valence-corrected chi connectivity index (χ2v) is 12.6. The van der Waals surface area contributed by atoms with Crippen LogP contribution in [0.5, 0.6) is 0 Å². The zero-order valence-corrected chi connectivity index (χ0v) is 27.4. The van der Waals surface area contributed by atoms with Crippen LogP contribution in [0.4, 0.5) is 0 Å². The van der Waals surface area contributed by atoms with Crippen LogP contribution in [0.25, 0.3) is 0 Å². The number of ether oxygens (including phenoxy) is 2. The summed E-state index contributed by atoms with van der Waals surface area (Å²) in [5.41, 5.74) is 0. The Morgan fingerprint density at radius 2 is 0.881 bits per heavy atom. The van der Waals surface area contributed by atoms with Crippen molar-refractivity contribution in [3.05, 3.63) is 0 Å². The maximum absolute atomic E-state index is 12.1. The Labute approximate surface area is 254 Å². The van der Waals surface area contributed by atoms with Crippen LogP contribution in [-0.4, -0.2) is 65.7 Å². The average molecular weight is 625 g/mol. The number of hydrogen-bond acceptors (Lipinski definition) is 9. The molecule has 3 unspecified atom stereocenters. The Bertz CT molecular complexity index is 691. The summed E-state index contributed by atoms with van der Waals surface area (Å²) in [5, 5.41) is 18.7. The molecule has 11 heteroatoms. The van der Waals surface area contributed by atoms with Gasteiger partial charge in [0.1, 0.15) is 12.2 Å². The molecule has 0 aliphatic heterocycles. The highest BCUT2D eigenvalue weighted by Gasteiger charge is 2.27. The van der Waals surface area contributed by atoms with Crippen molar-refractivity contribution < 1.29 is 47.8 Å². The van der Waals surface area contributed by atoms with Crippen LogP contribution in [0.2, 0.25) is 0 Å². The highest BCUT2D eigenvalue weighted by molar-refractivity contribution is 7.47. The molecule has 0 bridgehead atoms. The first kappa shape index (κ1) is 41.0. The summed E-state index contributed by atoms with van der Waals surface area (Å²) in [7, 11) is -4.59. The fraction of sp³-hybridized carbons (Fsp3) is 0.935. The summed E-state index contributed by atoms with van der Waals surface area (Å²) in [4.78, 5) is 33.4. The summed E-state index contributed by atoms with van der Waals surface area (Å²) in [6.45, 7) is 1.77. The van der Waals surface area contributed by atoms with E-state index in [1.165, 1.54) is 89.9 Å². The van der Waals surface area contributed by atoms with E-state index >= 15 is 0 Å². The van der Waals surface area contributed by atoms with Crippen LogP contribution in [-0.2, 0) is 32.7 Å². The Kier molecular flexibility index (Phi) is 28.0. The first-order valence-electron chi connectivity index (χ1n) is 16.5. The highest BCUT2D eigenvalue weighted by atomic mass is 31.2. The molecule has 0 aromatic rings. The van der Waals surface area contributed by atoms with Gasteiger partial charge in [0.2, 0.25) is 0 Å². The van der Waals surface area contributed by atoms with Gasteiger partial charge in [-0.1, -0.05) is 123 Å². The summed E-state index contributed by atoms with van der Waals surface area (Å²) in [5.74, 6) is -1.07. The zero-order chi connectivity index (χ0) is 31.3. The summed E-state index contributed by atoms with van der Waals surface area (Å²) >= 11 is 0. The van der Waals surface area contributed by atoms with E-state index in [2.05, 4.69) is 6.92 Å². The molecule has 0 aromatic heterocycles. The monoisotopic (exact) mass is 624 g/mol. The molecule has 0 fully saturated rings. The van der Waals surface area contributed by atoms with Gasteiger partial charge in [-0.25, -0.2) is 4.57 Å². The lowest BCUT2D eigenvalue weighted by Crippen LogP contribution is -2.28. The molecule has 42 heavy (non-hydrogen) atoms. The number of carbonyl (C=O) groups is 2. The standard InChI is InChI=1S/C31H61O10P/c1-3-5-6-7-8-9-10-11-12-13-14-15-16-17-18-19-20-21-23-31(35)41-29(25-33)27-39-42(36,37)38-26-28(24-32)40-30(34)22-4-2/h28-29,32-33H,3-27H2,1-2H3,(H,36,37). The van der Waals surface area contributed by atoms with E-state index in [-0.39, 0.29) is 12.8 Å². The summed E-state index contributed by atoms with van der Waals surface area (Å²) in [6, 6.07) is 0. The van der Waals surface area contributed by atoms with Crippen LogP contribution < -0.4 is 0 Å². The van der Waals surface area contributed by atoms with Crippen molar-refractivity contribution in [1.82, 2.24) is 0 Å². The lowest BCUT2D eigenvalue weighted by atomic mass is 10.0. The molecule has 0 aromatic carbocycles. The van der Waals surface area contributed by atoms with Crippen molar-refractivity contribution >= 4 is 19.8 Å². The Morgan fingerprint density at radius 1 is 0.548 bits per heavy atom. The van der Waals surface area contributed by atoms with Gasteiger partial charge in [-0.2, -0.15) is 0 Å². The first-order chi connectivity index (χ1) is 20.3. The van der Waals surface area contributed by atoms with Gasteiger partial charge >= 0.3 is 19.8 Å². The van der Waals surface area contributed by atoms with Gasteiger partial charge in [0.05, 0.1) is 26.4 Å². The van der Waals surface area contributed by atoms with Crippen LogP contribution in [0.3, 0.4) is 0 Å². The second kappa shape index (κ2) is 28.7. The fourth-order valence-electron chi connectivity index (χ4n) is 4.50. The molecule has 0 saturated carbocycles. The van der Waals surface area contributed by atoms with Gasteiger partial charge in [0.15, 0.2) is 0 Å². The summed E-state index contributed by atoms with van der Waals surface area (Å²) < 4.78 is 31.7. The largest absolute Gasteiger partial charge is 0.472 e. The number of esters is 2. The number of unbranched alkanes of at least 4 members (excludes halogenated alkanes) is 17. The van der Waals surface area contributed by atoms with Crippen molar-refractivity contribution in [2.45, 2.75) is 161 Å². The van der Waals surface area contributed by atoms with E-state index in [9.17, 15) is 29.3 Å². The molecule has 0 saturated heterocycles. The van der Waals surface area contributed by atoms with Gasteiger partial charge in [-0.3, -0.25) is 18.6 Å². The van der Waals surface area contributed by atoms with E-state index in [1.54, 1.807) is 6.92 Å². The second-order valence-electron chi connectivity index (χ2n) is 11.2. The number of aliphatic hydroxyl groups is 2. The average Bonchev–Trinajstić information content (AvgIpc) is 2.96. The molecular weight excluding hydrogens is 563 g/mol. The van der Waals surface area contributed by atoms with Crippen LogP contribution in [0.1, 0.15) is 149 Å². The van der Waals surface area contributed by atoms with Crippen LogP contribution >= 0.6 is 7.82 Å². The Hall–Kier alpha value is -1.03. The number of rotatable bonds is 31. The Balaban J connectivity index is 3.77. The van der Waals surface area contributed by atoms with Crippen LogP contribution in [0.15, 0.2) is 0 Å². The number of phosphoric ester groups is 1. The molecule has 250 valence electrons. The summed E-state index contributed by atoms with van der Waals surface area (Å²) in [6.07, 6.45) is 21.4. The number of carbonyl (C=O) groups excluding carboxylic acids is 2. The fourth-order valence-corrected chi connectivity index (χ4v) is 5.29. The molecule has 0 rings (SSSR count). The SMILES string of the molecule is CCCCCCCCCCCCCCCCCCCCC(=O)OC(CO)COP(=O)(O)OCC(CO)OC(=O)CCC. The van der Waals surface area contributed by atoms with Crippen LogP contribution in [0, 0.1) is 0 Å². The molecule has 10 nitrogen and oxygen atoms in total. The van der Waals surface area contributed by atoms with Gasteiger partial charge in [0.25, 0.3) is 0 Å². The quantitative estimate of drug-likeness (QED) is 0.0412. The number of aliphatic hydroxyl groups excluding tert-OH is 2. The normalized spacial score (nSPS) is 14.3. The third-order valence-corrected chi connectivity index (χ3v) is 7.99. The molecule has 0 aliphatic rings. The minimum atomic E-state index is -4.59. The molecule has 3 N–H and O–H groups in total. The van der Waals surface area contributed by atoms with Gasteiger partial charge in [0, 0.05) is 12.8 Å². The number of phosphoric acid groups is 1. The smallest absolute Gasteiger partial charge is 0.457 e. The molecule has 0 radical (unpaired) electrons. The van der Waals surface area contributed by atoms with E-state index in [0.717, 1.165) is 19.3 Å². The van der Waals surface area contributed by atoms with E-state index in [4.69, 9.17) is 18.5 Å².